The van der Waals surface area contributed by atoms with Crippen molar-refractivity contribution in [3.05, 3.63) is 68.6 Å². The summed E-state index contributed by atoms with van der Waals surface area (Å²) in [5, 5.41) is 0. The van der Waals surface area contributed by atoms with Gasteiger partial charge in [-0.1, -0.05) is 0 Å². The van der Waals surface area contributed by atoms with Crippen LogP contribution < -0.4 is 5.43 Å². The Morgan fingerprint density at radius 1 is 1.12 bits per heavy atom. The molecule has 0 amide bonds. The summed E-state index contributed by atoms with van der Waals surface area (Å²) in [6.07, 6.45) is 2.98. The molecule has 0 N–H and O–H groups in total. The molecule has 88 valence electrons. The van der Waals surface area contributed by atoms with Gasteiger partial charge in [0.15, 0.2) is 5.43 Å². The highest BCUT2D eigenvalue weighted by Crippen LogP contribution is 2.22. The molecular formula is C12H8BrF2NO. The predicted octanol–water partition coefficient (Wildman–Crippen LogP) is 2.94. The van der Waals surface area contributed by atoms with Gasteiger partial charge in [0.2, 0.25) is 0 Å². The third-order valence-corrected chi connectivity index (χ3v) is 2.95. The molecule has 0 unspecified atom stereocenters. The summed E-state index contributed by atoms with van der Waals surface area (Å²) in [4.78, 5) is 10.9. The number of nitrogens with zero attached hydrogens (tertiary/aromatic N) is 1. The van der Waals surface area contributed by atoms with E-state index >= 15 is 0 Å². The van der Waals surface area contributed by atoms with Gasteiger partial charge in [-0.2, -0.15) is 0 Å². The zero-order valence-corrected chi connectivity index (χ0v) is 10.2. The minimum atomic E-state index is -0.622. The van der Waals surface area contributed by atoms with E-state index < -0.39 is 11.6 Å². The lowest BCUT2D eigenvalue weighted by atomic mass is 10.2. The van der Waals surface area contributed by atoms with Gasteiger partial charge >= 0.3 is 0 Å². The molecule has 0 saturated carbocycles. The Morgan fingerprint density at radius 3 is 2.41 bits per heavy atom. The molecular weight excluding hydrogens is 292 g/mol. The van der Waals surface area contributed by atoms with Crippen LogP contribution in [0.25, 0.3) is 0 Å². The monoisotopic (exact) mass is 299 g/mol. The van der Waals surface area contributed by atoms with E-state index in [4.69, 9.17) is 0 Å². The lowest BCUT2D eigenvalue weighted by molar-refractivity contribution is 0.540. The summed E-state index contributed by atoms with van der Waals surface area (Å²) in [6.45, 7) is 0.0391. The van der Waals surface area contributed by atoms with Crippen molar-refractivity contribution in [2.75, 3.05) is 0 Å². The van der Waals surface area contributed by atoms with E-state index in [1.54, 1.807) is 0 Å². The molecule has 0 bridgehead atoms. The third-order valence-electron chi connectivity index (χ3n) is 2.34. The predicted molar refractivity (Wildman–Crippen MR) is 63.9 cm³/mol. The first-order valence-electron chi connectivity index (χ1n) is 4.86. The van der Waals surface area contributed by atoms with Gasteiger partial charge in [0, 0.05) is 30.1 Å². The van der Waals surface area contributed by atoms with Gasteiger partial charge in [0.1, 0.15) is 11.6 Å². The van der Waals surface area contributed by atoms with E-state index in [0.29, 0.717) is 0 Å². The van der Waals surface area contributed by atoms with Crippen LogP contribution >= 0.6 is 15.9 Å². The number of halogens is 3. The summed E-state index contributed by atoms with van der Waals surface area (Å²) in [5.74, 6) is -1.23. The fourth-order valence-electron chi connectivity index (χ4n) is 1.45. The third kappa shape index (κ3) is 2.61. The molecule has 0 fully saturated rings. The Morgan fingerprint density at radius 2 is 1.76 bits per heavy atom. The number of aromatic nitrogens is 1. The fraction of sp³-hybridized carbons (Fsp3) is 0.0833. The molecule has 0 aliphatic heterocycles. The summed E-state index contributed by atoms with van der Waals surface area (Å²) >= 11 is 3.00. The first-order valence-corrected chi connectivity index (χ1v) is 5.65. The van der Waals surface area contributed by atoms with Crippen LogP contribution in [0.15, 0.2) is 45.9 Å². The molecule has 1 aromatic heterocycles. The molecule has 2 rings (SSSR count). The van der Waals surface area contributed by atoms with Crippen LogP contribution in [-0.2, 0) is 6.54 Å². The molecule has 0 radical (unpaired) electrons. The van der Waals surface area contributed by atoms with Crippen LogP contribution in [0, 0.1) is 11.6 Å². The molecule has 0 atom stereocenters. The minimum absolute atomic E-state index is 0.0389. The molecule has 1 heterocycles. The molecule has 0 aliphatic carbocycles. The number of hydrogen-bond acceptors (Lipinski definition) is 1. The van der Waals surface area contributed by atoms with Crippen LogP contribution in [0.1, 0.15) is 5.56 Å². The Kier molecular flexibility index (Phi) is 3.38. The molecule has 0 saturated heterocycles. The standard InChI is InChI=1S/C12H8BrF2NO/c13-10-1-2-11(14)9(12(10)15)7-16-5-3-8(17)4-6-16/h1-6H,7H2. The number of rotatable bonds is 2. The van der Waals surface area contributed by atoms with Crippen molar-refractivity contribution >= 4 is 15.9 Å². The van der Waals surface area contributed by atoms with Gasteiger partial charge in [-0.25, -0.2) is 8.78 Å². The van der Waals surface area contributed by atoms with Crippen molar-refractivity contribution < 1.29 is 8.78 Å². The average molecular weight is 300 g/mol. The van der Waals surface area contributed by atoms with Crippen molar-refractivity contribution in [2.24, 2.45) is 0 Å². The Balaban J connectivity index is 2.39. The summed E-state index contributed by atoms with van der Waals surface area (Å²) in [6, 6.07) is 5.20. The lowest BCUT2D eigenvalue weighted by Crippen LogP contribution is -2.08. The first-order chi connectivity index (χ1) is 8.08. The highest BCUT2D eigenvalue weighted by molar-refractivity contribution is 9.10. The zero-order chi connectivity index (χ0) is 12.4. The van der Waals surface area contributed by atoms with Crippen LogP contribution in [0.3, 0.4) is 0 Å². The normalized spacial score (nSPS) is 10.5. The minimum Gasteiger partial charge on any atom is -0.349 e. The maximum absolute atomic E-state index is 13.7. The summed E-state index contributed by atoms with van der Waals surface area (Å²) in [5.41, 5.74) is -0.181. The quantitative estimate of drug-likeness (QED) is 0.782. The van der Waals surface area contributed by atoms with Crippen LogP contribution in [0.2, 0.25) is 0 Å². The molecule has 0 spiro atoms. The van der Waals surface area contributed by atoms with Crippen molar-refractivity contribution in [3.8, 4) is 0 Å². The number of hydrogen-bond donors (Lipinski definition) is 0. The van der Waals surface area contributed by atoms with E-state index in [9.17, 15) is 13.6 Å². The summed E-state index contributed by atoms with van der Waals surface area (Å²) in [7, 11) is 0. The number of benzene rings is 1. The van der Waals surface area contributed by atoms with E-state index in [1.807, 2.05) is 0 Å². The zero-order valence-electron chi connectivity index (χ0n) is 8.66. The largest absolute Gasteiger partial charge is 0.349 e. The van der Waals surface area contributed by atoms with Gasteiger partial charge in [-0.05, 0) is 28.1 Å². The van der Waals surface area contributed by atoms with Gasteiger partial charge in [-0.3, -0.25) is 4.79 Å². The van der Waals surface area contributed by atoms with E-state index in [0.717, 1.165) is 0 Å². The maximum atomic E-state index is 13.7. The van der Waals surface area contributed by atoms with Crippen LogP contribution in [0.4, 0.5) is 8.78 Å². The second-order valence-corrected chi connectivity index (χ2v) is 4.38. The summed E-state index contributed by atoms with van der Waals surface area (Å²) < 4.78 is 28.9. The average Bonchev–Trinajstić information content (AvgIpc) is 2.32. The van der Waals surface area contributed by atoms with Crippen LogP contribution in [-0.4, -0.2) is 4.57 Å². The van der Waals surface area contributed by atoms with Crippen molar-refractivity contribution in [2.45, 2.75) is 6.54 Å². The molecule has 17 heavy (non-hydrogen) atoms. The van der Waals surface area contributed by atoms with Gasteiger partial charge in [0.25, 0.3) is 0 Å². The van der Waals surface area contributed by atoms with E-state index in [2.05, 4.69) is 15.9 Å². The molecule has 2 aromatic rings. The Labute approximate surface area is 105 Å². The van der Waals surface area contributed by atoms with Crippen molar-refractivity contribution in [1.82, 2.24) is 4.57 Å². The second-order valence-electron chi connectivity index (χ2n) is 3.53. The van der Waals surface area contributed by atoms with Gasteiger partial charge in [0.05, 0.1) is 11.0 Å². The van der Waals surface area contributed by atoms with Crippen molar-refractivity contribution in [3.63, 3.8) is 0 Å². The first kappa shape index (κ1) is 12.0. The van der Waals surface area contributed by atoms with Crippen molar-refractivity contribution in [1.29, 1.82) is 0 Å². The van der Waals surface area contributed by atoms with E-state index in [-0.39, 0.29) is 22.0 Å². The number of pyridine rings is 1. The van der Waals surface area contributed by atoms with Gasteiger partial charge in [-0.15, -0.1) is 0 Å². The maximum Gasteiger partial charge on any atom is 0.181 e. The van der Waals surface area contributed by atoms with Crippen LogP contribution in [0.5, 0.6) is 0 Å². The SMILES string of the molecule is O=c1ccn(Cc2c(F)ccc(Br)c2F)cc1. The highest BCUT2D eigenvalue weighted by Gasteiger charge is 2.12. The Hall–Kier alpha value is -1.49. The van der Waals surface area contributed by atoms with E-state index in [1.165, 1.54) is 41.2 Å². The smallest absolute Gasteiger partial charge is 0.181 e. The Bertz CT molecular complexity index is 589. The molecule has 0 aliphatic rings. The van der Waals surface area contributed by atoms with Gasteiger partial charge < -0.3 is 4.57 Å². The molecule has 2 nitrogen and oxygen atoms in total. The fourth-order valence-corrected chi connectivity index (χ4v) is 1.82. The molecule has 5 heteroatoms. The highest BCUT2D eigenvalue weighted by atomic mass is 79.9. The topological polar surface area (TPSA) is 22.0 Å². The lowest BCUT2D eigenvalue weighted by Gasteiger charge is -2.09. The second kappa shape index (κ2) is 4.79. The molecule has 1 aromatic carbocycles.